The lowest BCUT2D eigenvalue weighted by Crippen LogP contribution is -2.38. The van der Waals surface area contributed by atoms with Gasteiger partial charge in [-0.25, -0.2) is 9.97 Å². The SMILES string of the molecule is c1ccc(-c2c(-c3ccc(OCCN4CCOCC4)cc3)[nH]c3ncnc(NC[C@@H]4CCCO4)c23)cc1. The highest BCUT2D eigenvalue weighted by molar-refractivity contribution is 6.07. The van der Waals surface area contributed by atoms with E-state index in [0.29, 0.717) is 6.61 Å². The van der Waals surface area contributed by atoms with Crippen LogP contribution in [0.5, 0.6) is 5.75 Å². The first-order valence-electron chi connectivity index (χ1n) is 13.2. The average Bonchev–Trinajstić information content (AvgIpc) is 3.62. The van der Waals surface area contributed by atoms with E-state index in [1.54, 1.807) is 6.33 Å². The molecule has 192 valence electrons. The van der Waals surface area contributed by atoms with Gasteiger partial charge in [0.1, 0.15) is 30.1 Å². The van der Waals surface area contributed by atoms with Gasteiger partial charge in [0.15, 0.2) is 0 Å². The summed E-state index contributed by atoms with van der Waals surface area (Å²) in [6.45, 7) is 6.69. The molecule has 37 heavy (non-hydrogen) atoms. The topological polar surface area (TPSA) is 84.5 Å². The summed E-state index contributed by atoms with van der Waals surface area (Å²) in [5, 5.41) is 4.53. The summed E-state index contributed by atoms with van der Waals surface area (Å²) in [6.07, 6.45) is 4.02. The van der Waals surface area contributed by atoms with Crippen molar-refractivity contribution in [2.45, 2.75) is 18.9 Å². The fourth-order valence-electron chi connectivity index (χ4n) is 5.12. The first-order valence-corrected chi connectivity index (χ1v) is 13.2. The number of aromatic amines is 1. The van der Waals surface area contributed by atoms with Crippen LogP contribution in [-0.2, 0) is 9.47 Å². The fourth-order valence-corrected chi connectivity index (χ4v) is 5.12. The molecule has 0 aliphatic carbocycles. The van der Waals surface area contributed by atoms with Crippen molar-refractivity contribution in [3.05, 3.63) is 60.9 Å². The molecule has 0 saturated carbocycles. The van der Waals surface area contributed by atoms with Gasteiger partial charge < -0.3 is 24.5 Å². The molecule has 2 N–H and O–H groups in total. The van der Waals surface area contributed by atoms with E-state index in [-0.39, 0.29) is 6.10 Å². The second-order valence-corrected chi connectivity index (χ2v) is 9.53. The van der Waals surface area contributed by atoms with Gasteiger partial charge in [-0.1, -0.05) is 30.3 Å². The Morgan fingerprint density at radius 2 is 1.81 bits per heavy atom. The number of hydrogen-bond acceptors (Lipinski definition) is 7. The molecule has 8 heteroatoms. The standard InChI is InChI=1S/C29H33N5O3/c1-2-5-21(6-3-1)25-26-28(30-19-24-7-4-15-36-24)31-20-32-29(26)33-27(25)22-8-10-23(11-9-22)37-18-14-34-12-16-35-17-13-34/h1-3,5-6,8-11,20,24H,4,7,12-19H2,(H2,30,31,32,33)/t24-/m0/s1. The molecule has 0 radical (unpaired) electrons. The highest BCUT2D eigenvalue weighted by atomic mass is 16.5. The van der Waals surface area contributed by atoms with Crippen LogP contribution in [0.1, 0.15) is 12.8 Å². The average molecular weight is 500 g/mol. The Hall–Kier alpha value is -3.46. The molecule has 0 spiro atoms. The smallest absolute Gasteiger partial charge is 0.143 e. The van der Waals surface area contributed by atoms with E-state index in [2.05, 4.69) is 61.6 Å². The van der Waals surface area contributed by atoms with Crippen LogP contribution in [0.4, 0.5) is 5.82 Å². The molecule has 2 aliphatic heterocycles. The number of fused-ring (bicyclic) bond motifs is 1. The molecule has 2 fully saturated rings. The summed E-state index contributed by atoms with van der Waals surface area (Å²) in [4.78, 5) is 15.1. The zero-order valence-corrected chi connectivity index (χ0v) is 21.0. The highest BCUT2D eigenvalue weighted by Crippen LogP contribution is 2.40. The van der Waals surface area contributed by atoms with Crippen molar-refractivity contribution in [3.63, 3.8) is 0 Å². The monoisotopic (exact) mass is 499 g/mol. The molecule has 4 heterocycles. The van der Waals surface area contributed by atoms with Crippen LogP contribution in [0.15, 0.2) is 60.9 Å². The second kappa shape index (κ2) is 11.3. The van der Waals surface area contributed by atoms with Crippen LogP contribution in [0, 0.1) is 0 Å². The zero-order valence-electron chi connectivity index (χ0n) is 21.0. The lowest BCUT2D eigenvalue weighted by Gasteiger charge is -2.26. The third kappa shape index (κ3) is 5.46. The molecule has 8 nitrogen and oxygen atoms in total. The maximum absolute atomic E-state index is 6.04. The number of H-pyrrole nitrogens is 1. The van der Waals surface area contributed by atoms with Crippen LogP contribution in [-0.4, -0.2) is 78.6 Å². The highest BCUT2D eigenvalue weighted by Gasteiger charge is 2.21. The fraction of sp³-hybridized carbons (Fsp3) is 0.379. The minimum atomic E-state index is 0.222. The third-order valence-electron chi connectivity index (χ3n) is 7.10. The Bertz CT molecular complexity index is 1300. The summed E-state index contributed by atoms with van der Waals surface area (Å²) >= 11 is 0. The van der Waals surface area contributed by atoms with E-state index in [4.69, 9.17) is 14.2 Å². The third-order valence-corrected chi connectivity index (χ3v) is 7.10. The number of rotatable bonds is 9. The zero-order chi connectivity index (χ0) is 24.9. The van der Waals surface area contributed by atoms with E-state index in [1.165, 1.54) is 0 Å². The first-order chi connectivity index (χ1) is 18.3. The number of benzene rings is 2. The second-order valence-electron chi connectivity index (χ2n) is 9.53. The Labute approximate surface area is 217 Å². The van der Waals surface area contributed by atoms with Gasteiger partial charge in [0.25, 0.3) is 0 Å². The predicted molar refractivity (Wildman–Crippen MR) is 145 cm³/mol. The van der Waals surface area contributed by atoms with Crippen molar-refractivity contribution in [1.82, 2.24) is 19.9 Å². The van der Waals surface area contributed by atoms with Crippen molar-refractivity contribution >= 4 is 16.9 Å². The number of nitrogens with zero attached hydrogens (tertiary/aromatic N) is 3. The molecule has 1 atom stereocenters. The number of anilines is 1. The van der Waals surface area contributed by atoms with Crippen LogP contribution in [0.2, 0.25) is 0 Å². The minimum absolute atomic E-state index is 0.222. The largest absolute Gasteiger partial charge is 0.492 e. The van der Waals surface area contributed by atoms with Crippen molar-refractivity contribution < 1.29 is 14.2 Å². The molecule has 2 aliphatic rings. The normalized spacial score (nSPS) is 18.3. The molecule has 2 saturated heterocycles. The number of aromatic nitrogens is 3. The molecule has 0 unspecified atom stereocenters. The van der Waals surface area contributed by atoms with Gasteiger partial charge in [0, 0.05) is 38.3 Å². The Morgan fingerprint density at radius 1 is 0.973 bits per heavy atom. The number of morpholine rings is 1. The Balaban J connectivity index is 1.27. The van der Waals surface area contributed by atoms with Crippen molar-refractivity contribution in [1.29, 1.82) is 0 Å². The lowest BCUT2D eigenvalue weighted by atomic mass is 9.99. The van der Waals surface area contributed by atoms with Crippen LogP contribution >= 0.6 is 0 Å². The van der Waals surface area contributed by atoms with Crippen molar-refractivity contribution in [3.8, 4) is 28.1 Å². The van der Waals surface area contributed by atoms with Crippen LogP contribution < -0.4 is 10.1 Å². The lowest BCUT2D eigenvalue weighted by molar-refractivity contribution is 0.0322. The van der Waals surface area contributed by atoms with Gasteiger partial charge in [-0.3, -0.25) is 4.90 Å². The first kappa shape index (κ1) is 23.9. The summed E-state index contributed by atoms with van der Waals surface area (Å²) < 4.78 is 17.3. The van der Waals surface area contributed by atoms with Crippen molar-refractivity contribution in [2.75, 3.05) is 57.9 Å². The van der Waals surface area contributed by atoms with E-state index >= 15 is 0 Å². The predicted octanol–water partition coefficient (Wildman–Crippen LogP) is 4.59. The van der Waals surface area contributed by atoms with E-state index in [9.17, 15) is 0 Å². The van der Waals surface area contributed by atoms with Gasteiger partial charge in [0.2, 0.25) is 0 Å². The Kier molecular flexibility index (Phi) is 7.30. The molecule has 4 aromatic rings. The molecular formula is C29H33N5O3. The molecular weight excluding hydrogens is 466 g/mol. The van der Waals surface area contributed by atoms with Gasteiger partial charge in [-0.2, -0.15) is 0 Å². The number of hydrogen-bond donors (Lipinski definition) is 2. The summed E-state index contributed by atoms with van der Waals surface area (Å²) in [5.41, 5.74) is 5.10. The number of ether oxygens (including phenoxy) is 3. The molecule has 0 bridgehead atoms. The van der Waals surface area contributed by atoms with E-state index < -0.39 is 0 Å². The van der Waals surface area contributed by atoms with E-state index in [1.807, 2.05) is 18.2 Å². The Morgan fingerprint density at radius 3 is 2.59 bits per heavy atom. The van der Waals surface area contributed by atoms with Crippen LogP contribution in [0.3, 0.4) is 0 Å². The van der Waals surface area contributed by atoms with Crippen molar-refractivity contribution in [2.24, 2.45) is 0 Å². The molecule has 2 aromatic heterocycles. The molecule has 6 rings (SSSR count). The summed E-state index contributed by atoms with van der Waals surface area (Å²) in [7, 11) is 0. The van der Waals surface area contributed by atoms with Crippen LogP contribution in [0.25, 0.3) is 33.4 Å². The number of nitrogens with one attached hydrogen (secondary N) is 2. The minimum Gasteiger partial charge on any atom is -0.492 e. The van der Waals surface area contributed by atoms with Gasteiger partial charge in [-0.15, -0.1) is 0 Å². The summed E-state index contributed by atoms with van der Waals surface area (Å²) in [5.74, 6) is 1.69. The molecule has 2 aromatic carbocycles. The van der Waals surface area contributed by atoms with Gasteiger partial charge >= 0.3 is 0 Å². The molecule has 0 amide bonds. The van der Waals surface area contributed by atoms with Gasteiger partial charge in [-0.05, 0) is 48.2 Å². The van der Waals surface area contributed by atoms with Gasteiger partial charge in [0.05, 0.1) is 30.4 Å². The maximum Gasteiger partial charge on any atom is 0.143 e. The maximum atomic E-state index is 6.04. The quantitative estimate of drug-likeness (QED) is 0.348. The summed E-state index contributed by atoms with van der Waals surface area (Å²) in [6, 6.07) is 18.7. The van der Waals surface area contributed by atoms with E-state index in [0.717, 1.165) is 104 Å².